The number of nitrogens with two attached hydrogens (primary N) is 1. The molecule has 0 saturated carbocycles. The van der Waals surface area contributed by atoms with Gasteiger partial charge < -0.3 is 19.8 Å². The molecule has 1 aliphatic heterocycles. The predicted octanol–water partition coefficient (Wildman–Crippen LogP) is 2.03. The number of anilines is 2. The second-order valence-electron chi connectivity index (χ2n) is 5.24. The van der Waals surface area contributed by atoms with E-state index >= 15 is 0 Å². The van der Waals surface area contributed by atoms with Crippen molar-refractivity contribution >= 4 is 22.8 Å². The van der Waals surface area contributed by atoms with Crippen LogP contribution in [0.3, 0.4) is 0 Å². The number of hydrogen-bond acceptors (Lipinski definition) is 5. The third-order valence-corrected chi connectivity index (χ3v) is 3.28. The van der Waals surface area contributed by atoms with Gasteiger partial charge in [-0.2, -0.15) is 4.98 Å². The van der Waals surface area contributed by atoms with Crippen molar-refractivity contribution in [2.24, 2.45) is 0 Å². The molecule has 0 unspecified atom stereocenters. The maximum atomic E-state index is 5.80. The highest BCUT2D eigenvalue weighted by Crippen LogP contribution is 2.29. The zero-order valence-electron chi connectivity index (χ0n) is 10.6. The summed E-state index contributed by atoms with van der Waals surface area (Å²) in [4.78, 5) is 6.67. The molecule has 1 aliphatic rings. The van der Waals surface area contributed by atoms with Crippen LogP contribution in [-0.4, -0.2) is 30.3 Å². The molecule has 5 nitrogen and oxygen atoms in total. The highest BCUT2D eigenvalue weighted by atomic mass is 16.5. The molecule has 2 N–H and O–H groups in total. The van der Waals surface area contributed by atoms with Gasteiger partial charge in [0.2, 0.25) is 0 Å². The van der Waals surface area contributed by atoms with Crippen molar-refractivity contribution in [3.8, 4) is 0 Å². The number of aromatic nitrogens is 1. The van der Waals surface area contributed by atoms with E-state index in [1.54, 1.807) is 6.07 Å². The van der Waals surface area contributed by atoms with E-state index in [0.29, 0.717) is 24.9 Å². The number of fused-ring (bicyclic) bond motifs is 1. The highest BCUT2D eigenvalue weighted by molar-refractivity contribution is 5.78. The van der Waals surface area contributed by atoms with Gasteiger partial charge in [0.05, 0.1) is 18.8 Å². The molecule has 0 atom stereocenters. The molecule has 3 rings (SSSR count). The van der Waals surface area contributed by atoms with E-state index in [-0.39, 0.29) is 5.54 Å². The third kappa shape index (κ3) is 1.80. The molecule has 5 heteroatoms. The van der Waals surface area contributed by atoms with E-state index < -0.39 is 0 Å². The number of benzene rings is 1. The Kier molecular flexibility index (Phi) is 2.45. The fraction of sp³-hybridized carbons (Fsp3) is 0.462. The quantitative estimate of drug-likeness (QED) is 0.781. The van der Waals surface area contributed by atoms with Gasteiger partial charge in [0.1, 0.15) is 5.52 Å². The Morgan fingerprint density at radius 1 is 1.39 bits per heavy atom. The van der Waals surface area contributed by atoms with E-state index in [0.717, 1.165) is 17.6 Å². The first-order valence-corrected chi connectivity index (χ1v) is 6.08. The Labute approximate surface area is 106 Å². The summed E-state index contributed by atoms with van der Waals surface area (Å²) in [6.07, 6.45) is 0. The van der Waals surface area contributed by atoms with Crippen molar-refractivity contribution in [1.82, 2.24) is 4.98 Å². The van der Waals surface area contributed by atoms with Crippen molar-refractivity contribution in [1.29, 1.82) is 0 Å². The Morgan fingerprint density at radius 2 is 2.22 bits per heavy atom. The molecule has 1 fully saturated rings. The second-order valence-corrected chi connectivity index (χ2v) is 5.24. The average molecular weight is 247 g/mol. The van der Waals surface area contributed by atoms with Gasteiger partial charge in [0, 0.05) is 18.3 Å². The summed E-state index contributed by atoms with van der Waals surface area (Å²) < 4.78 is 11.3. The number of rotatable bonds is 1. The van der Waals surface area contributed by atoms with Crippen LogP contribution in [-0.2, 0) is 4.74 Å². The molecule has 2 aromatic rings. The van der Waals surface area contributed by atoms with Crippen molar-refractivity contribution in [2.45, 2.75) is 19.4 Å². The summed E-state index contributed by atoms with van der Waals surface area (Å²) in [7, 11) is 0. The van der Waals surface area contributed by atoms with Gasteiger partial charge >= 0.3 is 0 Å². The van der Waals surface area contributed by atoms with Gasteiger partial charge in [-0.3, -0.25) is 0 Å². The number of hydrogen-bond donors (Lipinski definition) is 1. The summed E-state index contributed by atoms with van der Waals surface area (Å²) in [5.74, 6) is 0. The average Bonchev–Trinajstić information content (AvgIpc) is 2.70. The molecule has 1 aromatic carbocycles. The van der Waals surface area contributed by atoms with Crippen molar-refractivity contribution in [3.05, 3.63) is 18.2 Å². The normalized spacial score (nSPS) is 19.3. The van der Waals surface area contributed by atoms with E-state index in [1.165, 1.54) is 0 Å². The maximum absolute atomic E-state index is 5.80. The fourth-order valence-electron chi connectivity index (χ4n) is 2.26. The second kappa shape index (κ2) is 3.88. The van der Waals surface area contributed by atoms with E-state index in [4.69, 9.17) is 14.9 Å². The van der Waals surface area contributed by atoms with Crippen LogP contribution >= 0.6 is 0 Å². The minimum absolute atomic E-state index is 0.106. The van der Waals surface area contributed by atoms with Crippen LogP contribution in [0.5, 0.6) is 0 Å². The standard InChI is InChI=1S/C13H17N3O2/c1-13(2)8-17-6-5-16(13)12-15-10-4-3-9(14)7-11(10)18-12/h3-4,7H,5-6,8,14H2,1-2H3. The van der Waals surface area contributed by atoms with Crippen LogP contribution in [0.2, 0.25) is 0 Å². The predicted molar refractivity (Wildman–Crippen MR) is 70.7 cm³/mol. The molecule has 0 bridgehead atoms. The van der Waals surface area contributed by atoms with Crippen LogP contribution in [0.1, 0.15) is 13.8 Å². The molecule has 0 radical (unpaired) electrons. The summed E-state index contributed by atoms with van der Waals surface area (Å²) >= 11 is 0. The molecule has 18 heavy (non-hydrogen) atoms. The molecule has 0 amide bonds. The number of nitrogens with zero attached hydrogens (tertiary/aromatic N) is 2. The van der Waals surface area contributed by atoms with Crippen LogP contribution in [0.25, 0.3) is 11.1 Å². The molecular formula is C13H17N3O2. The van der Waals surface area contributed by atoms with E-state index in [1.807, 2.05) is 12.1 Å². The zero-order chi connectivity index (χ0) is 12.8. The monoisotopic (exact) mass is 247 g/mol. The smallest absolute Gasteiger partial charge is 0.298 e. The lowest BCUT2D eigenvalue weighted by Gasteiger charge is -2.40. The van der Waals surface area contributed by atoms with Gasteiger partial charge in [0.15, 0.2) is 5.58 Å². The van der Waals surface area contributed by atoms with Crippen molar-refractivity contribution in [3.63, 3.8) is 0 Å². The molecular weight excluding hydrogens is 230 g/mol. The van der Waals surface area contributed by atoms with Gasteiger partial charge in [-0.15, -0.1) is 0 Å². The fourth-order valence-corrected chi connectivity index (χ4v) is 2.26. The van der Waals surface area contributed by atoms with Crippen LogP contribution in [0.4, 0.5) is 11.7 Å². The molecule has 0 aliphatic carbocycles. The number of oxazole rings is 1. The van der Waals surface area contributed by atoms with Crippen LogP contribution in [0.15, 0.2) is 22.6 Å². The van der Waals surface area contributed by atoms with E-state index in [2.05, 4.69) is 23.7 Å². The Morgan fingerprint density at radius 3 is 3.00 bits per heavy atom. The first-order chi connectivity index (χ1) is 8.56. The highest BCUT2D eigenvalue weighted by Gasteiger charge is 2.33. The van der Waals surface area contributed by atoms with Crippen LogP contribution in [0, 0.1) is 0 Å². The first-order valence-electron chi connectivity index (χ1n) is 6.08. The summed E-state index contributed by atoms with van der Waals surface area (Å²) in [6.45, 7) is 6.40. The van der Waals surface area contributed by atoms with Gasteiger partial charge in [-0.25, -0.2) is 0 Å². The molecule has 0 spiro atoms. The Hall–Kier alpha value is -1.75. The number of morpholine rings is 1. The van der Waals surface area contributed by atoms with Gasteiger partial charge in [0.25, 0.3) is 6.01 Å². The topological polar surface area (TPSA) is 64.5 Å². The molecule has 2 heterocycles. The molecule has 96 valence electrons. The summed E-state index contributed by atoms with van der Waals surface area (Å²) in [5, 5.41) is 0. The minimum atomic E-state index is -0.106. The van der Waals surface area contributed by atoms with Crippen LogP contribution < -0.4 is 10.6 Å². The lowest BCUT2D eigenvalue weighted by atomic mass is 10.0. The Balaban J connectivity index is 2.03. The molecule has 1 saturated heterocycles. The largest absolute Gasteiger partial charge is 0.423 e. The van der Waals surface area contributed by atoms with Crippen molar-refractivity contribution < 1.29 is 9.15 Å². The summed E-state index contributed by atoms with van der Waals surface area (Å²) in [6, 6.07) is 6.16. The SMILES string of the molecule is CC1(C)COCCN1c1nc2ccc(N)cc2o1. The lowest BCUT2D eigenvalue weighted by Crippen LogP contribution is -2.53. The first kappa shape index (κ1) is 11.3. The maximum Gasteiger partial charge on any atom is 0.298 e. The number of nitrogen functional groups attached to an aromatic ring is 1. The molecule has 1 aromatic heterocycles. The van der Waals surface area contributed by atoms with Gasteiger partial charge in [-0.1, -0.05) is 0 Å². The third-order valence-electron chi connectivity index (χ3n) is 3.28. The Bertz CT molecular complexity index is 577. The van der Waals surface area contributed by atoms with Crippen molar-refractivity contribution in [2.75, 3.05) is 30.4 Å². The zero-order valence-corrected chi connectivity index (χ0v) is 10.6. The minimum Gasteiger partial charge on any atom is -0.423 e. The number of ether oxygens (including phenoxy) is 1. The lowest BCUT2D eigenvalue weighted by molar-refractivity contribution is 0.0614. The summed E-state index contributed by atoms with van der Waals surface area (Å²) in [5.41, 5.74) is 7.89. The van der Waals surface area contributed by atoms with E-state index in [9.17, 15) is 0 Å². The van der Waals surface area contributed by atoms with Gasteiger partial charge in [-0.05, 0) is 26.0 Å².